The SMILES string of the molecule is CC(C)C[Si]12O[Si]3(CCCOc4ccc(-c5ccc(C#N)cc5)cc4)O[Si]4(CC(C)C)O[Si](CC(C)C)(O1)O[Si]1(CC(C)C)O[Si](CC(C)C)(O2)O[Si](CC(C)C)(O3)O[Si](CC(C)C)(O4)O1.CCCCCCC[Si]12O[Si]3(CC(C)C)O[Si]4(CC(C)C)O[Si](CC(C)C)(O1)O[Si]1(CC(C)C)O[Si](CC(C)C)(O2)O[Si](CC(C)C)(O3)O[Si](CC(C)C)(O4)O1. The van der Waals surface area contributed by atoms with Crippen molar-refractivity contribution in [1.82, 2.24) is 0 Å². The Morgan fingerprint density at radius 3 is 0.562 bits per heavy atom. The molecule has 0 aliphatic carbocycles. The fourth-order valence-electron chi connectivity index (χ4n) is 18.6. The molecule has 26 nitrogen and oxygen atoms in total. The minimum atomic E-state index is -4.09. The molecular formula is C79H155NO25Si16. The largest absolute Gasteiger partial charge is 0.494 e. The van der Waals surface area contributed by atoms with E-state index >= 15 is 0 Å². The maximum atomic E-state index is 9.27. The lowest BCUT2D eigenvalue weighted by molar-refractivity contribution is -0.0397. The van der Waals surface area contributed by atoms with E-state index in [0.29, 0.717) is 115 Å². The highest BCUT2D eigenvalue weighted by molar-refractivity contribution is 7.05. The Balaban J connectivity index is 0.000000240. The van der Waals surface area contributed by atoms with Gasteiger partial charge in [-0.05, 0) is 131 Å². The molecule has 121 heavy (non-hydrogen) atoms. The summed E-state index contributed by atoms with van der Waals surface area (Å²) in [6.07, 6.45) is 5.87. The van der Waals surface area contributed by atoms with Gasteiger partial charge in [-0.2, -0.15) is 5.26 Å². The molecule has 14 rings (SSSR count). The van der Waals surface area contributed by atoms with E-state index in [1.165, 1.54) is 6.42 Å². The predicted molar refractivity (Wildman–Crippen MR) is 498 cm³/mol. The number of rotatable bonds is 40. The number of hydrogen-bond donors (Lipinski definition) is 0. The lowest BCUT2D eigenvalue weighted by Crippen LogP contribution is -2.88. The average Bonchev–Trinajstić information content (AvgIpc) is 0.688. The molecule has 12 aliphatic rings. The topological polar surface area (TPSA) is 255 Å². The van der Waals surface area contributed by atoms with Gasteiger partial charge in [0.25, 0.3) is 0 Å². The molecule has 42 heteroatoms. The molecule has 0 spiro atoms. The molecule has 0 atom stereocenters. The van der Waals surface area contributed by atoms with Gasteiger partial charge in [-0.25, -0.2) is 0 Å². The minimum absolute atomic E-state index is 0.0809. The Labute approximate surface area is 746 Å². The number of nitriles is 1. The number of ether oxygens (including phenoxy) is 1. The van der Waals surface area contributed by atoms with Crippen LogP contribution in [-0.4, -0.2) is 147 Å². The summed E-state index contributed by atoms with van der Waals surface area (Å²) >= 11 is 0. The van der Waals surface area contributed by atoms with Crippen molar-refractivity contribution in [1.29, 1.82) is 5.26 Å². The minimum Gasteiger partial charge on any atom is -0.494 e. The zero-order valence-electron chi connectivity index (χ0n) is 79.1. The first-order valence-corrected chi connectivity index (χ1v) is 77.3. The lowest BCUT2D eigenvalue weighted by Gasteiger charge is -2.64. The molecule has 16 bridgehead atoms. The van der Waals surface area contributed by atoms with Gasteiger partial charge in [0.1, 0.15) is 5.75 Å². The van der Waals surface area contributed by atoms with Crippen LogP contribution < -0.4 is 4.74 Å². The molecule has 12 heterocycles. The fraction of sp³-hybridized carbons (Fsp3) is 0.835. The molecule has 12 saturated heterocycles. The second kappa shape index (κ2) is 39.8. The average molecular weight is 1970 g/mol. The van der Waals surface area contributed by atoms with Crippen LogP contribution in [0.3, 0.4) is 0 Å². The second-order valence-corrected chi connectivity index (χ2v) is 90.2. The van der Waals surface area contributed by atoms with Gasteiger partial charge < -0.3 is 104 Å². The molecule has 0 radical (unpaired) electrons. The predicted octanol–water partition coefficient (Wildman–Crippen LogP) is 21.7. The summed E-state index contributed by atoms with van der Waals surface area (Å²) in [6.45, 7) is 63.5. The van der Waals surface area contributed by atoms with Crippen LogP contribution >= 0.6 is 0 Å². The van der Waals surface area contributed by atoms with E-state index < -0.39 is 141 Å². The van der Waals surface area contributed by atoms with Gasteiger partial charge in [0.2, 0.25) is 0 Å². The first-order chi connectivity index (χ1) is 56.3. The van der Waals surface area contributed by atoms with Crippen LogP contribution in [-0.2, 0) is 98.8 Å². The van der Waals surface area contributed by atoms with E-state index in [2.05, 4.69) is 207 Å². The highest BCUT2D eigenvalue weighted by Gasteiger charge is 2.86. The molecule has 12 aliphatic heterocycles. The van der Waals surface area contributed by atoms with Crippen molar-refractivity contribution < 1.29 is 104 Å². The maximum Gasteiger partial charge on any atom is 0.479 e. The van der Waals surface area contributed by atoms with E-state index in [4.69, 9.17) is 104 Å². The van der Waals surface area contributed by atoms with Crippen LogP contribution in [0.4, 0.5) is 0 Å². The summed E-state index contributed by atoms with van der Waals surface area (Å²) in [5, 5.41) is 9.27. The number of hydrogen-bond acceptors (Lipinski definition) is 26. The molecule has 0 aromatic heterocycles. The van der Waals surface area contributed by atoms with Crippen molar-refractivity contribution in [3.8, 4) is 22.9 Å². The monoisotopic (exact) mass is 1970 g/mol. The first kappa shape index (κ1) is 102. The highest BCUT2D eigenvalue weighted by Crippen LogP contribution is 2.60. The third-order valence-electron chi connectivity index (χ3n) is 21.4. The molecule has 0 amide bonds. The van der Waals surface area contributed by atoms with Gasteiger partial charge in [0.05, 0.1) is 18.2 Å². The van der Waals surface area contributed by atoms with Crippen molar-refractivity contribution in [2.24, 2.45) is 82.9 Å². The van der Waals surface area contributed by atoms with Crippen LogP contribution in [0.25, 0.3) is 11.1 Å². The van der Waals surface area contributed by atoms with E-state index in [1.54, 1.807) is 0 Å². The summed E-state index contributed by atoms with van der Waals surface area (Å²) in [4.78, 5) is 0. The van der Waals surface area contributed by atoms with Crippen LogP contribution in [0.15, 0.2) is 48.5 Å². The molecule has 690 valence electrons. The molecule has 0 saturated carbocycles. The van der Waals surface area contributed by atoms with Gasteiger partial charge in [0, 0.05) is 96.7 Å². The Morgan fingerprint density at radius 1 is 0.223 bits per heavy atom. The zero-order chi connectivity index (χ0) is 88.7. The fourth-order valence-corrected chi connectivity index (χ4v) is 122. The van der Waals surface area contributed by atoms with E-state index in [-0.39, 0.29) is 82.9 Å². The Morgan fingerprint density at radius 2 is 0.388 bits per heavy atom. The van der Waals surface area contributed by atoms with Crippen molar-refractivity contribution in [3.05, 3.63) is 54.1 Å². The Hall–Kier alpha value is 0.240. The van der Waals surface area contributed by atoms with E-state index in [9.17, 15) is 5.26 Å². The van der Waals surface area contributed by atoms with Gasteiger partial charge in [0.15, 0.2) is 0 Å². The number of nitrogens with zero attached hydrogens (tertiary/aromatic N) is 1. The van der Waals surface area contributed by atoms with Gasteiger partial charge in [-0.1, -0.05) is 251 Å². The number of benzene rings is 2. The van der Waals surface area contributed by atoms with Crippen molar-refractivity contribution in [3.63, 3.8) is 0 Å². The summed E-state index contributed by atoms with van der Waals surface area (Å²) in [5.74, 6) is 2.44. The first-order valence-electron chi connectivity index (χ1n) is 46.4. The van der Waals surface area contributed by atoms with Crippen LogP contribution in [0.5, 0.6) is 5.75 Å². The molecular weight excluding hydrogens is 1810 g/mol. The third kappa shape index (κ3) is 25.6. The van der Waals surface area contributed by atoms with Gasteiger partial charge in [-0.15, -0.1) is 0 Å². The Kier molecular flexibility index (Phi) is 33.5. The third-order valence-corrected chi connectivity index (χ3v) is 101. The maximum absolute atomic E-state index is 9.27. The summed E-state index contributed by atoms with van der Waals surface area (Å²) < 4.78 is 194. The van der Waals surface area contributed by atoms with Gasteiger partial charge in [-0.3, -0.25) is 0 Å². The van der Waals surface area contributed by atoms with E-state index in [1.807, 2.05) is 48.5 Å². The molecule has 2 aromatic carbocycles. The standard InChI is InChI=1S/C44H77NO13Si8.C35H78O12Si8/c1-34(2)27-60-47-59(25-15-24-46-44-22-20-43(21-23-44)42-18-16-41(26-45)17-19-42)48-61(28-35(3)4)52-63(50-60,30-37(7)8)56-66(33-40(13)14)57-64(51-60,31-38(9)10)53-62(49-59,29-36(5)6)55-65(54-61,58-66)32-39(11)12;1-16-17-18-19-20-21-48-36-49(22-29(2)3)39-52(25-32(8)9)41-50(37-48,23-30(4)5)43-54(27-34(12)13)44-51(38-48,24-31(6)7)42-53(40-49,26-33(10)11)46-55(45-52,47-54)28-35(14)15/h16-23,34-40H,15,24-25,27-33H2,1-14H3;29-35H,16-28H2,1-15H3. The number of unbranched alkanes of at least 4 members (excludes halogenated alkanes) is 4. The molecule has 0 unspecified atom stereocenters. The summed E-state index contributed by atoms with van der Waals surface area (Å²) in [6, 6.07) is 25.5. The Bertz CT molecular complexity index is 3440. The van der Waals surface area contributed by atoms with Crippen molar-refractivity contribution in [2.75, 3.05) is 6.61 Å². The van der Waals surface area contributed by atoms with Gasteiger partial charge >= 0.3 is 141 Å². The molecule has 0 N–H and O–H groups in total. The van der Waals surface area contributed by atoms with E-state index in [0.717, 1.165) is 42.6 Å². The smallest absolute Gasteiger partial charge is 0.479 e. The van der Waals surface area contributed by atoms with Crippen LogP contribution in [0, 0.1) is 94.2 Å². The quantitative estimate of drug-likeness (QED) is 0.0444. The lowest BCUT2D eigenvalue weighted by atomic mass is 10.0. The van der Waals surface area contributed by atoms with Crippen molar-refractivity contribution in [2.45, 2.75) is 336 Å². The second-order valence-electron chi connectivity index (χ2n) is 42.1. The zero-order valence-corrected chi connectivity index (χ0v) is 95.1. The highest BCUT2D eigenvalue weighted by atomic mass is 28.6. The summed E-state index contributed by atoms with van der Waals surface area (Å²) in [5.41, 5.74) is 2.69. The van der Waals surface area contributed by atoms with Crippen LogP contribution in [0.2, 0.25) is 96.7 Å². The van der Waals surface area contributed by atoms with Crippen LogP contribution in [0.1, 0.15) is 245 Å². The normalized spacial score (nSPS) is 37.5. The molecule has 12 fully saturated rings. The van der Waals surface area contributed by atoms with Crippen molar-refractivity contribution >= 4 is 141 Å². The molecule has 2 aromatic rings. The summed E-state index contributed by atoms with van der Waals surface area (Å²) in [7, 11) is -62.8.